The molecule has 0 saturated carbocycles. The number of nitrogens with zero attached hydrogens (tertiary/aromatic N) is 7. The van der Waals surface area contributed by atoms with Crippen LogP contribution in [-0.4, -0.2) is 42.2 Å². The summed E-state index contributed by atoms with van der Waals surface area (Å²) in [5.41, 5.74) is 2.63. The normalized spacial score (nSPS) is 11.0. The highest BCUT2D eigenvalue weighted by Crippen LogP contribution is 2.21. The van der Waals surface area contributed by atoms with Gasteiger partial charge < -0.3 is 10.1 Å². The standard InChI is InChI=1S/C20H18F2N8O/c1-12-16(30(29-26-12)18-5-3-14(10-25-18)20(21)22)11-31-19-6-4-15(27-28-19)13-7-8-24-17(9-13)23-2/h3-10,20H,11H2,1-2H3,(H,23,24). The fourth-order valence-electron chi connectivity index (χ4n) is 2.80. The molecule has 0 aliphatic carbocycles. The van der Waals surface area contributed by atoms with Gasteiger partial charge in [-0.3, -0.25) is 0 Å². The van der Waals surface area contributed by atoms with Gasteiger partial charge in [0, 0.05) is 36.6 Å². The number of anilines is 1. The van der Waals surface area contributed by atoms with Gasteiger partial charge >= 0.3 is 0 Å². The largest absolute Gasteiger partial charge is 0.470 e. The van der Waals surface area contributed by atoms with E-state index in [2.05, 4.69) is 35.8 Å². The van der Waals surface area contributed by atoms with E-state index >= 15 is 0 Å². The molecule has 0 aliphatic heterocycles. The molecule has 4 aromatic rings. The van der Waals surface area contributed by atoms with Crippen molar-refractivity contribution in [2.45, 2.75) is 20.0 Å². The van der Waals surface area contributed by atoms with Crippen molar-refractivity contribution in [2.75, 3.05) is 12.4 Å². The minimum atomic E-state index is -2.58. The third kappa shape index (κ3) is 4.44. The van der Waals surface area contributed by atoms with Crippen LogP contribution in [0.2, 0.25) is 0 Å². The molecule has 4 aromatic heterocycles. The van der Waals surface area contributed by atoms with E-state index in [0.717, 1.165) is 17.6 Å². The molecule has 31 heavy (non-hydrogen) atoms. The number of hydrogen-bond acceptors (Lipinski definition) is 8. The molecule has 4 rings (SSSR count). The Labute approximate surface area is 176 Å². The van der Waals surface area contributed by atoms with Crippen LogP contribution < -0.4 is 10.1 Å². The van der Waals surface area contributed by atoms with Crippen molar-refractivity contribution >= 4 is 5.82 Å². The summed E-state index contributed by atoms with van der Waals surface area (Å²) in [7, 11) is 1.79. The number of halogens is 2. The van der Waals surface area contributed by atoms with Crippen LogP contribution in [-0.2, 0) is 6.61 Å². The van der Waals surface area contributed by atoms with Crippen molar-refractivity contribution in [3.8, 4) is 23.0 Å². The first-order valence-electron chi connectivity index (χ1n) is 9.31. The van der Waals surface area contributed by atoms with E-state index < -0.39 is 6.43 Å². The lowest BCUT2D eigenvalue weighted by molar-refractivity contribution is 0.151. The molecule has 0 aliphatic rings. The van der Waals surface area contributed by atoms with E-state index in [-0.39, 0.29) is 12.2 Å². The Bertz CT molecular complexity index is 1160. The Morgan fingerprint density at radius 1 is 1.06 bits per heavy atom. The van der Waals surface area contributed by atoms with Gasteiger partial charge in [-0.1, -0.05) is 5.21 Å². The fourth-order valence-corrected chi connectivity index (χ4v) is 2.80. The number of nitrogens with one attached hydrogen (secondary N) is 1. The van der Waals surface area contributed by atoms with Gasteiger partial charge in [0.1, 0.15) is 18.1 Å². The first-order valence-corrected chi connectivity index (χ1v) is 9.31. The molecule has 0 bridgehead atoms. The first kappa shape index (κ1) is 20.3. The smallest absolute Gasteiger partial charge is 0.265 e. The zero-order valence-electron chi connectivity index (χ0n) is 16.7. The number of rotatable bonds is 7. The minimum absolute atomic E-state index is 0.101. The van der Waals surface area contributed by atoms with Crippen molar-refractivity contribution in [1.29, 1.82) is 0 Å². The number of aryl methyl sites for hydroxylation is 1. The average Bonchev–Trinajstić information content (AvgIpc) is 3.18. The number of pyridine rings is 2. The van der Waals surface area contributed by atoms with E-state index in [9.17, 15) is 8.78 Å². The summed E-state index contributed by atoms with van der Waals surface area (Å²) in [6.45, 7) is 1.87. The lowest BCUT2D eigenvalue weighted by Crippen LogP contribution is -2.09. The van der Waals surface area contributed by atoms with E-state index in [1.165, 1.54) is 16.8 Å². The molecular formula is C20H18F2N8O. The Kier molecular flexibility index (Phi) is 5.74. The molecule has 0 amide bonds. The molecule has 0 unspecified atom stereocenters. The van der Waals surface area contributed by atoms with Gasteiger partial charge in [0.2, 0.25) is 5.88 Å². The average molecular weight is 424 g/mol. The lowest BCUT2D eigenvalue weighted by Gasteiger charge is -2.09. The van der Waals surface area contributed by atoms with Gasteiger partial charge in [0.15, 0.2) is 5.82 Å². The van der Waals surface area contributed by atoms with Crippen LogP contribution in [0.4, 0.5) is 14.6 Å². The third-order valence-electron chi connectivity index (χ3n) is 4.51. The quantitative estimate of drug-likeness (QED) is 0.482. The molecule has 0 fully saturated rings. The van der Waals surface area contributed by atoms with Crippen molar-refractivity contribution in [3.05, 3.63) is 65.7 Å². The molecule has 9 nitrogen and oxygen atoms in total. The van der Waals surface area contributed by atoms with E-state index in [1.807, 2.05) is 12.1 Å². The van der Waals surface area contributed by atoms with E-state index in [4.69, 9.17) is 4.74 Å². The van der Waals surface area contributed by atoms with E-state index in [0.29, 0.717) is 28.8 Å². The van der Waals surface area contributed by atoms with Gasteiger partial charge in [0.25, 0.3) is 6.43 Å². The van der Waals surface area contributed by atoms with Crippen LogP contribution in [0.3, 0.4) is 0 Å². The van der Waals surface area contributed by atoms with Crippen LogP contribution in [0.5, 0.6) is 5.88 Å². The molecule has 1 N–H and O–H groups in total. The molecule has 0 saturated heterocycles. The van der Waals surface area contributed by atoms with Crippen molar-refractivity contribution in [2.24, 2.45) is 0 Å². The summed E-state index contributed by atoms with van der Waals surface area (Å²) >= 11 is 0. The van der Waals surface area contributed by atoms with E-state index in [1.54, 1.807) is 32.3 Å². The molecule has 4 heterocycles. The Morgan fingerprint density at radius 3 is 2.61 bits per heavy atom. The van der Waals surface area contributed by atoms with Crippen LogP contribution in [0.15, 0.2) is 48.8 Å². The van der Waals surface area contributed by atoms with Crippen LogP contribution in [0, 0.1) is 6.92 Å². The molecule has 11 heteroatoms. The monoisotopic (exact) mass is 424 g/mol. The second-order valence-corrected chi connectivity index (χ2v) is 6.51. The number of hydrogen-bond donors (Lipinski definition) is 1. The van der Waals surface area contributed by atoms with Crippen molar-refractivity contribution in [1.82, 2.24) is 35.2 Å². The fraction of sp³-hybridized carbons (Fsp3) is 0.200. The highest BCUT2D eigenvalue weighted by atomic mass is 19.3. The third-order valence-corrected chi connectivity index (χ3v) is 4.51. The van der Waals surface area contributed by atoms with Crippen LogP contribution in [0.25, 0.3) is 17.1 Å². The highest BCUT2D eigenvalue weighted by molar-refractivity contribution is 5.62. The summed E-state index contributed by atoms with van der Waals surface area (Å²) in [5, 5.41) is 19.4. The topological polar surface area (TPSA) is 104 Å². The Balaban J connectivity index is 1.49. The summed E-state index contributed by atoms with van der Waals surface area (Å²) in [4.78, 5) is 8.22. The predicted octanol–water partition coefficient (Wildman–Crippen LogP) is 3.38. The number of alkyl halides is 2. The Morgan fingerprint density at radius 2 is 1.94 bits per heavy atom. The summed E-state index contributed by atoms with van der Waals surface area (Å²) in [6, 6.07) is 9.97. The lowest BCUT2D eigenvalue weighted by atomic mass is 10.2. The first-order chi connectivity index (χ1) is 15.0. The molecule has 0 radical (unpaired) electrons. The Hall–Kier alpha value is -4.02. The van der Waals surface area contributed by atoms with Gasteiger partial charge in [-0.05, 0) is 37.3 Å². The predicted molar refractivity (Wildman–Crippen MR) is 108 cm³/mol. The maximum atomic E-state index is 12.8. The highest BCUT2D eigenvalue weighted by Gasteiger charge is 2.15. The van der Waals surface area contributed by atoms with Crippen LogP contribution in [0.1, 0.15) is 23.4 Å². The number of aromatic nitrogens is 7. The molecule has 158 valence electrons. The van der Waals surface area contributed by atoms with Gasteiger partial charge in [0.05, 0.1) is 11.4 Å². The molecule has 0 spiro atoms. The second kappa shape index (κ2) is 8.78. The van der Waals surface area contributed by atoms with Crippen molar-refractivity contribution in [3.63, 3.8) is 0 Å². The SMILES string of the molecule is CNc1cc(-c2ccc(OCc3c(C)nnn3-c3ccc(C(F)F)cn3)nn2)ccn1. The zero-order chi connectivity index (χ0) is 21.8. The minimum Gasteiger partial charge on any atom is -0.470 e. The zero-order valence-corrected chi connectivity index (χ0v) is 16.7. The maximum absolute atomic E-state index is 12.8. The molecular weight excluding hydrogens is 406 g/mol. The summed E-state index contributed by atoms with van der Waals surface area (Å²) in [5.74, 6) is 1.41. The van der Waals surface area contributed by atoms with Crippen molar-refractivity contribution < 1.29 is 13.5 Å². The van der Waals surface area contributed by atoms with Gasteiger partial charge in [-0.25, -0.2) is 18.7 Å². The second-order valence-electron chi connectivity index (χ2n) is 6.51. The number of ether oxygens (including phenoxy) is 1. The summed E-state index contributed by atoms with van der Waals surface area (Å²) in [6.07, 6.45) is 0.219. The molecule has 0 atom stereocenters. The molecule has 0 aromatic carbocycles. The summed E-state index contributed by atoms with van der Waals surface area (Å²) < 4.78 is 32.7. The van der Waals surface area contributed by atoms with Gasteiger partial charge in [-0.15, -0.1) is 15.3 Å². The van der Waals surface area contributed by atoms with Gasteiger partial charge in [-0.2, -0.15) is 4.68 Å². The van der Waals surface area contributed by atoms with Crippen LogP contribution >= 0.6 is 0 Å². The maximum Gasteiger partial charge on any atom is 0.265 e.